The second-order valence-corrected chi connectivity index (χ2v) is 3.81. The Morgan fingerprint density at radius 1 is 1.59 bits per heavy atom. The van der Waals surface area contributed by atoms with Crippen LogP contribution in [0.4, 0.5) is 4.39 Å². The first-order chi connectivity index (χ1) is 8.15. The van der Waals surface area contributed by atoms with Crippen LogP contribution in [0.15, 0.2) is 23.6 Å². The number of amidine groups is 1. The van der Waals surface area contributed by atoms with Crippen molar-refractivity contribution in [1.82, 2.24) is 9.88 Å². The summed E-state index contributed by atoms with van der Waals surface area (Å²) in [5.74, 6) is -0.217. The third-order valence-corrected chi connectivity index (χ3v) is 2.22. The summed E-state index contributed by atoms with van der Waals surface area (Å²) in [7, 11) is 0. The van der Waals surface area contributed by atoms with Gasteiger partial charge in [-0.1, -0.05) is 12.1 Å². The molecule has 1 aromatic heterocycles. The molecule has 1 heterocycles. The lowest BCUT2D eigenvalue weighted by Gasteiger charge is -2.20. The van der Waals surface area contributed by atoms with Gasteiger partial charge in [-0.15, -0.1) is 0 Å². The van der Waals surface area contributed by atoms with Crippen molar-refractivity contribution in [3.8, 4) is 0 Å². The van der Waals surface area contributed by atoms with E-state index in [4.69, 9.17) is 10.9 Å². The van der Waals surface area contributed by atoms with Crippen LogP contribution >= 0.6 is 0 Å². The highest BCUT2D eigenvalue weighted by Gasteiger charge is 2.08. The van der Waals surface area contributed by atoms with Crippen LogP contribution in [0.25, 0.3) is 0 Å². The largest absolute Gasteiger partial charge is 0.409 e. The maximum absolute atomic E-state index is 13.0. The fourth-order valence-corrected chi connectivity index (χ4v) is 1.59. The zero-order chi connectivity index (χ0) is 12.7. The molecule has 0 aliphatic heterocycles. The number of hydrogen-bond acceptors (Lipinski definition) is 4. The number of oxime groups is 1. The zero-order valence-corrected chi connectivity index (χ0v) is 9.80. The molecule has 0 amide bonds. The molecule has 0 saturated heterocycles. The van der Waals surface area contributed by atoms with E-state index in [1.54, 1.807) is 6.20 Å². The number of pyridine rings is 1. The van der Waals surface area contributed by atoms with E-state index < -0.39 is 0 Å². The molecule has 0 spiro atoms. The molecule has 0 aliphatic rings. The van der Waals surface area contributed by atoms with Crippen molar-refractivity contribution in [3.05, 3.63) is 29.8 Å². The van der Waals surface area contributed by atoms with E-state index in [1.807, 2.05) is 11.8 Å². The molecule has 0 bridgehead atoms. The number of aromatic nitrogens is 1. The molecular formula is C11H17FN4O. The summed E-state index contributed by atoms with van der Waals surface area (Å²) in [6.07, 6.45) is 3.71. The minimum atomic E-state index is -0.359. The first kappa shape index (κ1) is 13.4. The van der Waals surface area contributed by atoms with E-state index >= 15 is 0 Å². The fourth-order valence-electron chi connectivity index (χ4n) is 1.59. The van der Waals surface area contributed by atoms with Gasteiger partial charge < -0.3 is 10.9 Å². The monoisotopic (exact) mass is 240 g/mol. The predicted molar refractivity (Wildman–Crippen MR) is 63.2 cm³/mol. The van der Waals surface area contributed by atoms with Gasteiger partial charge in [0.2, 0.25) is 0 Å². The summed E-state index contributed by atoms with van der Waals surface area (Å²) in [6.45, 7) is 3.69. The van der Waals surface area contributed by atoms with Crippen molar-refractivity contribution in [1.29, 1.82) is 0 Å². The summed E-state index contributed by atoms with van der Waals surface area (Å²) in [6, 6.07) is 1.43. The van der Waals surface area contributed by atoms with Crippen LogP contribution < -0.4 is 5.73 Å². The Morgan fingerprint density at radius 3 is 2.94 bits per heavy atom. The molecule has 3 N–H and O–H groups in total. The first-order valence-electron chi connectivity index (χ1n) is 5.44. The minimum Gasteiger partial charge on any atom is -0.409 e. The second-order valence-electron chi connectivity index (χ2n) is 3.81. The van der Waals surface area contributed by atoms with Crippen molar-refractivity contribution in [2.24, 2.45) is 10.9 Å². The summed E-state index contributed by atoms with van der Waals surface area (Å²) < 4.78 is 13.0. The molecule has 94 valence electrons. The molecule has 17 heavy (non-hydrogen) atoms. The number of hydrogen-bond donors (Lipinski definition) is 2. The molecule has 6 heteroatoms. The average Bonchev–Trinajstić information content (AvgIpc) is 2.29. The molecule has 1 aromatic rings. The van der Waals surface area contributed by atoms with Crippen molar-refractivity contribution in [2.75, 3.05) is 13.1 Å². The third-order valence-electron chi connectivity index (χ3n) is 2.22. The lowest BCUT2D eigenvalue weighted by Crippen LogP contribution is -2.34. The Balaban J connectivity index is 2.66. The average molecular weight is 240 g/mol. The zero-order valence-electron chi connectivity index (χ0n) is 9.80. The van der Waals surface area contributed by atoms with Crippen LogP contribution in [-0.4, -0.2) is 34.0 Å². The molecule has 5 nitrogen and oxygen atoms in total. The highest BCUT2D eigenvalue weighted by Crippen LogP contribution is 2.05. The van der Waals surface area contributed by atoms with Crippen LogP contribution in [-0.2, 0) is 6.54 Å². The maximum atomic E-state index is 13.0. The normalized spacial score (nSPS) is 12.1. The Morgan fingerprint density at radius 2 is 2.35 bits per heavy atom. The number of rotatable bonds is 6. The van der Waals surface area contributed by atoms with Gasteiger partial charge in [-0.25, -0.2) is 4.39 Å². The Hall–Kier alpha value is -1.69. The topological polar surface area (TPSA) is 74.7 Å². The van der Waals surface area contributed by atoms with Crippen LogP contribution in [0.3, 0.4) is 0 Å². The van der Waals surface area contributed by atoms with Crippen LogP contribution in [0, 0.1) is 5.82 Å². The van der Waals surface area contributed by atoms with E-state index in [2.05, 4.69) is 10.1 Å². The van der Waals surface area contributed by atoms with Crippen molar-refractivity contribution in [2.45, 2.75) is 19.9 Å². The maximum Gasteiger partial charge on any atom is 0.153 e. The molecule has 0 aromatic carbocycles. The summed E-state index contributed by atoms with van der Waals surface area (Å²) in [4.78, 5) is 5.75. The molecule has 0 aliphatic carbocycles. The fraction of sp³-hybridized carbons (Fsp3) is 0.455. The van der Waals surface area contributed by atoms with E-state index in [0.717, 1.165) is 24.7 Å². The van der Waals surface area contributed by atoms with Gasteiger partial charge in [-0.3, -0.25) is 9.88 Å². The van der Waals surface area contributed by atoms with Gasteiger partial charge in [-0.05, 0) is 24.6 Å². The van der Waals surface area contributed by atoms with Gasteiger partial charge in [0.15, 0.2) is 5.84 Å². The molecule has 1 rings (SSSR count). The van der Waals surface area contributed by atoms with Gasteiger partial charge in [0.25, 0.3) is 0 Å². The number of nitrogens with two attached hydrogens (primary N) is 1. The lowest BCUT2D eigenvalue weighted by atomic mass is 10.2. The lowest BCUT2D eigenvalue weighted by molar-refractivity contribution is 0.285. The van der Waals surface area contributed by atoms with Crippen molar-refractivity contribution < 1.29 is 9.60 Å². The van der Waals surface area contributed by atoms with Crippen LogP contribution in [0.5, 0.6) is 0 Å². The Labute approximate surface area is 99.7 Å². The highest BCUT2D eigenvalue weighted by molar-refractivity contribution is 5.81. The van der Waals surface area contributed by atoms with E-state index in [9.17, 15) is 4.39 Å². The van der Waals surface area contributed by atoms with Crippen molar-refractivity contribution in [3.63, 3.8) is 0 Å². The SMILES string of the molecule is CCCN(C/C(N)=N/O)Cc1cncc(F)c1. The first-order valence-corrected chi connectivity index (χ1v) is 5.44. The molecule has 0 saturated carbocycles. The molecular weight excluding hydrogens is 223 g/mol. The van der Waals surface area contributed by atoms with Crippen LogP contribution in [0.1, 0.15) is 18.9 Å². The summed E-state index contributed by atoms with van der Waals surface area (Å²) >= 11 is 0. The quantitative estimate of drug-likeness (QED) is 0.339. The van der Waals surface area contributed by atoms with Gasteiger partial charge in [0.1, 0.15) is 5.82 Å². The van der Waals surface area contributed by atoms with Crippen molar-refractivity contribution >= 4 is 5.84 Å². The van der Waals surface area contributed by atoms with Crippen LogP contribution in [0.2, 0.25) is 0 Å². The van der Waals surface area contributed by atoms with Gasteiger partial charge in [0.05, 0.1) is 12.7 Å². The third kappa shape index (κ3) is 4.78. The summed E-state index contributed by atoms with van der Waals surface area (Å²) in [5, 5.41) is 11.5. The predicted octanol–water partition coefficient (Wildman–Crippen LogP) is 1.18. The van der Waals surface area contributed by atoms with E-state index in [0.29, 0.717) is 13.1 Å². The minimum absolute atomic E-state index is 0.141. The van der Waals surface area contributed by atoms with Gasteiger partial charge in [0, 0.05) is 12.7 Å². The van der Waals surface area contributed by atoms with Gasteiger partial charge in [-0.2, -0.15) is 0 Å². The smallest absolute Gasteiger partial charge is 0.153 e. The number of halogens is 1. The molecule has 0 radical (unpaired) electrons. The molecule has 0 unspecified atom stereocenters. The Kier molecular flexibility index (Phi) is 5.35. The van der Waals surface area contributed by atoms with E-state index in [1.165, 1.54) is 6.07 Å². The standard InChI is InChI=1S/C11H17FN4O/c1-2-3-16(8-11(13)15-17)7-9-4-10(12)6-14-5-9/h4-6,17H,2-3,7-8H2,1H3,(H2,13,15). The second kappa shape index (κ2) is 6.80. The molecule has 0 atom stereocenters. The summed E-state index contributed by atoms with van der Waals surface area (Å²) in [5.41, 5.74) is 6.22. The highest BCUT2D eigenvalue weighted by atomic mass is 19.1. The van der Waals surface area contributed by atoms with Gasteiger partial charge >= 0.3 is 0 Å². The Bertz CT molecular complexity index is 383. The van der Waals surface area contributed by atoms with E-state index in [-0.39, 0.29) is 11.7 Å². The number of nitrogens with zero attached hydrogens (tertiary/aromatic N) is 3. The molecule has 0 fully saturated rings.